The molecule has 11 heavy (non-hydrogen) atoms. The van der Waals surface area contributed by atoms with E-state index in [1.165, 1.54) is 0 Å². The van der Waals surface area contributed by atoms with Crippen LogP contribution in [-0.4, -0.2) is 37.0 Å². The monoisotopic (exact) mass is 154 g/mol. The van der Waals surface area contributed by atoms with E-state index < -0.39 is 0 Å². The Labute approximate surface area is 67.1 Å². The number of carbonyl (C=O) groups is 1. The maximum Gasteiger partial charge on any atom is 0.239 e. The third-order valence-electron chi connectivity index (χ3n) is 1.91. The van der Waals surface area contributed by atoms with Gasteiger partial charge in [-0.2, -0.15) is 0 Å². The first-order valence-electron chi connectivity index (χ1n) is 3.85. The highest BCUT2D eigenvalue weighted by molar-refractivity contribution is 5.82. The molecule has 0 aromatic carbocycles. The van der Waals surface area contributed by atoms with Crippen LogP contribution in [0.25, 0.3) is 0 Å². The minimum atomic E-state index is -0.0359. The van der Waals surface area contributed by atoms with Gasteiger partial charge in [-0.1, -0.05) is 6.08 Å². The lowest BCUT2D eigenvalue weighted by Gasteiger charge is -2.29. The smallest absolute Gasteiger partial charge is 0.239 e. The molecular weight excluding hydrogens is 140 g/mol. The van der Waals surface area contributed by atoms with E-state index in [4.69, 9.17) is 0 Å². The van der Waals surface area contributed by atoms with Gasteiger partial charge in [0.2, 0.25) is 5.91 Å². The van der Waals surface area contributed by atoms with Crippen LogP contribution >= 0.6 is 0 Å². The van der Waals surface area contributed by atoms with Crippen molar-refractivity contribution < 1.29 is 4.79 Å². The standard InChI is InChI=1S/C8H14N2O/c1-3-4-7-8(11)10(2)6-5-9-7/h3,7,9H,1,4-6H2,2H3. The summed E-state index contributed by atoms with van der Waals surface area (Å²) in [7, 11) is 1.83. The molecule has 1 saturated heterocycles. The molecule has 0 aromatic heterocycles. The van der Waals surface area contributed by atoms with Crippen LogP contribution in [0.5, 0.6) is 0 Å². The SMILES string of the molecule is C=CCC1NCCN(C)C1=O. The first-order valence-corrected chi connectivity index (χ1v) is 3.85. The lowest BCUT2D eigenvalue weighted by molar-refractivity contribution is -0.134. The zero-order chi connectivity index (χ0) is 8.27. The van der Waals surface area contributed by atoms with Crippen molar-refractivity contribution in [2.24, 2.45) is 0 Å². The van der Waals surface area contributed by atoms with Crippen LogP contribution in [0, 0.1) is 0 Å². The van der Waals surface area contributed by atoms with Crippen LogP contribution in [0.1, 0.15) is 6.42 Å². The Kier molecular flexibility index (Phi) is 2.65. The molecule has 62 valence electrons. The number of nitrogens with one attached hydrogen (secondary N) is 1. The zero-order valence-electron chi connectivity index (χ0n) is 6.84. The average Bonchev–Trinajstić information content (AvgIpc) is 1.99. The first-order chi connectivity index (χ1) is 5.25. The molecule has 1 rings (SSSR count). The number of rotatable bonds is 2. The van der Waals surface area contributed by atoms with Crippen molar-refractivity contribution in [3.8, 4) is 0 Å². The number of hydrogen-bond acceptors (Lipinski definition) is 2. The molecule has 1 aliphatic heterocycles. The van der Waals surface area contributed by atoms with Crippen LogP contribution in [0.2, 0.25) is 0 Å². The molecule has 1 aliphatic rings. The number of nitrogens with zero attached hydrogens (tertiary/aromatic N) is 1. The molecule has 1 N–H and O–H groups in total. The normalized spacial score (nSPS) is 25.4. The molecule has 1 unspecified atom stereocenters. The number of likely N-dealkylation sites (N-methyl/N-ethyl adjacent to an activating group) is 1. The van der Waals surface area contributed by atoms with Gasteiger partial charge in [0.1, 0.15) is 0 Å². The summed E-state index contributed by atoms with van der Waals surface area (Å²) in [5, 5.41) is 3.14. The van der Waals surface area contributed by atoms with Gasteiger partial charge < -0.3 is 10.2 Å². The highest BCUT2D eigenvalue weighted by atomic mass is 16.2. The second-order valence-corrected chi connectivity index (χ2v) is 2.79. The molecule has 0 aromatic rings. The lowest BCUT2D eigenvalue weighted by atomic mass is 10.1. The van der Waals surface area contributed by atoms with Gasteiger partial charge in [-0.25, -0.2) is 0 Å². The molecular formula is C8H14N2O. The Hall–Kier alpha value is -0.830. The van der Waals surface area contributed by atoms with Crippen molar-refractivity contribution in [2.45, 2.75) is 12.5 Å². The molecule has 0 radical (unpaired) electrons. The Morgan fingerprint density at radius 2 is 2.64 bits per heavy atom. The second-order valence-electron chi connectivity index (χ2n) is 2.79. The van der Waals surface area contributed by atoms with Crippen molar-refractivity contribution in [1.82, 2.24) is 10.2 Å². The van der Waals surface area contributed by atoms with Crippen LogP contribution < -0.4 is 5.32 Å². The van der Waals surface area contributed by atoms with E-state index in [0.29, 0.717) is 0 Å². The van der Waals surface area contributed by atoms with E-state index in [0.717, 1.165) is 19.5 Å². The summed E-state index contributed by atoms with van der Waals surface area (Å²) in [5.74, 6) is 0.177. The van der Waals surface area contributed by atoms with Gasteiger partial charge >= 0.3 is 0 Å². The summed E-state index contributed by atoms with van der Waals surface area (Å²) in [6, 6.07) is -0.0359. The van der Waals surface area contributed by atoms with Crippen LogP contribution in [0.4, 0.5) is 0 Å². The molecule has 3 nitrogen and oxygen atoms in total. The predicted octanol–water partition coefficient (Wildman–Crippen LogP) is -0.00730. The molecule has 0 spiro atoms. The summed E-state index contributed by atoms with van der Waals surface area (Å²) >= 11 is 0. The van der Waals surface area contributed by atoms with Crippen molar-refractivity contribution in [3.63, 3.8) is 0 Å². The van der Waals surface area contributed by atoms with Crippen molar-refractivity contribution >= 4 is 5.91 Å². The molecule has 0 aliphatic carbocycles. The summed E-state index contributed by atoms with van der Waals surface area (Å²) in [6.07, 6.45) is 2.50. The van der Waals surface area contributed by atoms with Gasteiger partial charge in [0, 0.05) is 20.1 Å². The van der Waals surface area contributed by atoms with Gasteiger partial charge in [-0.15, -0.1) is 6.58 Å². The molecule has 0 saturated carbocycles. The highest BCUT2D eigenvalue weighted by Gasteiger charge is 2.23. The van der Waals surface area contributed by atoms with E-state index in [1.54, 1.807) is 11.0 Å². The summed E-state index contributed by atoms with van der Waals surface area (Å²) in [4.78, 5) is 13.1. The van der Waals surface area contributed by atoms with Crippen molar-refractivity contribution in [1.29, 1.82) is 0 Å². The number of piperazine rings is 1. The van der Waals surface area contributed by atoms with Crippen molar-refractivity contribution in [2.75, 3.05) is 20.1 Å². The Morgan fingerprint density at radius 3 is 3.27 bits per heavy atom. The summed E-state index contributed by atoms with van der Waals surface area (Å²) < 4.78 is 0. The third-order valence-corrected chi connectivity index (χ3v) is 1.91. The quantitative estimate of drug-likeness (QED) is 0.567. The Morgan fingerprint density at radius 1 is 1.91 bits per heavy atom. The van der Waals surface area contributed by atoms with Gasteiger partial charge in [-0.3, -0.25) is 4.79 Å². The van der Waals surface area contributed by atoms with E-state index in [1.807, 2.05) is 7.05 Å². The first kappa shape index (κ1) is 8.27. The van der Waals surface area contributed by atoms with E-state index in [2.05, 4.69) is 11.9 Å². The van der Waals surface area contributed by atoms with Gasteiger partial charge in [-0.05, 0) is 6.42 Å². The van der Waals surface area contributed by atoms with Crippen molar-refractivity contribution in [3.05, 3.63) is 12.7 Å². The fourth-order valence-electron chi connectivity index (χ4n) is 1.22. The average molecular weight is 154 g/mol. The fourth-order valence-corrected chi connectivity index (χ4v) is 1.22. The molecule has 1 fully saturated rings. The largest absolute Gasteiger partial charge is 0.343 e. The fraction of sp³-hybridized carbons (Fsp3) is 0.625. The topological polar surface area (TPSA) is 32.3 Å². The maximum absolute atomic E-state index is 11.3. The highest BCUT2D eigenvalue weighted by Crippen LogP contribution is 2.02. The van der Waals surface area contributed by atoms with Gasteiger partial charge in [0.25, 0.3) is 0 Å². The van der Waals surface area contributed by atoms with E-state index in [9.17, 15) is 4.79 Å². The molecule has 3 heteroatoms. The minimum absolute atomic E-state index is 0.0359. The minimum Gasteiger partial charge on any atom is -0.343 e. The summed E-state index contributed by atoms with van der Waals surface area (Å²) in [5.41, 5.74) is 0. The maximum atomic E-state index is 11.3. The Bertz CT molecular complexity index is 167. The molecule has 1 amide bonds. The number of amides is 1. The third kappa shape index (κ3) is 1.80. The second kappa shape index (κ2) is 3.53. The van der Waals surface area contributed by atoms with Gasteiger partial charge in [0.05, 0.1) is 6.04 Å². The van der Waals surface area contributed by atoms with Crippen LogP contribution in [0.15, 0.2) is 12.7 Å². The molecule has 1 heterocycles. The van der Waals surface area contributed by atoms with Crippen LogP contribution in [0.3, 0.4) is 0 Å². The molecule has 0 bridgehead atoms. The summed E-state index contributed by atoms with van der Waals surface area (Å²) in [6.45, 7) is 5.31. The predicted molar refractivity (Wildman–Crippen MR) is 44.2 cm³/mol. The lowest BCUT2D eigenvalue weighted by Crippen LogP contribution is -2.53. The Balaban J connectivity index is 2.51. The number of hydrogen-bond donors (Lipinski definition) is 1. The molecule has 1 atom stereocenters. The van der Waals surface area contributed by atoms with E-state index in [-0.39, 0.29) is 11.9 Å². The number of carbonyl (C=O) groups excluding carboxylic acids is 1. The van der Waals surface area contributed by atoms with E-state index >= 15 is 0 Å². The zero-order valence-corrected chi connectivity index (χ0v) is 6.84. The van der Waals surface area contributed by atoms with Crippen LogP contribution in [-0.2, 0) is 4.79 Å². The van der Waals surface area contributed by atoms with Gasteiger partial charge in [0.15, 0.2) is 0 Å².